The molecule has 2 nitrogen and oxygen atoms in total. The predicted octanol–water partition coefficient (Wildman–Crippen LogP) is 3.72. The second-order valence-electron chi connectivity index (χ2n) is 4.61. The molecule has 1 fully saturated rings. The van der Waals surface area contributed by atoms with Gasteiger partial charge in [-0.1, -0.05) is 15.9 Å². The number of benzene rings is 1. The zero-order chi connectivity index (χ0) is 13.1. The molecule has 5 heteroatoms. The molecule has 1 N–H and O–H groups in total. The van der Waals surface area contributed by atoms with Crippen LogP contribution in [0.4, 0.5) is 4.39 Å². The molecular weight excluding hydrogens is 412 g/mol. The smallest absolute Gasteiger partial charge is 0.252 e. The molecule has 2 atom stereocenters. The van der Waals surface area contributed by atoms with Crippen LogP contribution in [0.1, 0.15) is 29.6 Å². The third kappa shape index (κ3) is 3.66. The van der Waals surface area contributed by atoms with Crippen molar-refractivity contribution in [1.82, 2.24) is 5.32 Å². The molecule has 18 heavy (non-hydrogen) atoms. The molecule has 1 aromatic rings. The van der Waals surface area contributed by atoms with Crippen molar-refractivity contribution in [3.05, 3.63) is 33.1 Å². The zero-order valence-electron chi connectivity index (χ0n) is 9.76. The molecule has 98 valence electrons. The van der Waals surface area contributed by atoms with Crippen LogP contribution >= 0.6 is 38.5 Å². The molecule has 2 rings (SSSR count). The number of nitrogens with one attached hydrogen (secondary N) is 1. The van der Waals surface area contributed by atoms with Gasteiger partial charge < -0.3 is 5.32 Å². The molecule has 2 unspecified atom stereocenters. The first-order valence-corrected chi connectivity index (χ1v) is 7.93. The average Bonchev–Trinajstić information content (AvgIpc) is 2.72. The summed E-state index contributed by atoms with van der Waals surface area (Å²) in [4.78, 5) is 12.6. The number of hydrogen-bond donors (Lipinski definition) is 1. The summed E-state index contributed by atoms with van der Waals surface area (Å²) in [5, 5.41) is 2.93. The van der Waals surface area contributed by atoms with E-state index in [1.807, 2.05) is 22.6 Å². The minimum Gasteiger partial charge on any atom is -0.352 e. The first-order valence-electron chi connectivity index (χ1n) is 5.93. The first kappa shape index (κ1) is 14.2. The van der Waals surface area contributed by atoms with Gasteiger partial charge in [0, 0.05) is 14.9 Å². The third-order valence-corrected chi connectivity index (χ3v) is 4.93. The Labute approximate surface area is 128 Å². The summed E-state index contributed by atoms with van der Waals surface area (Å²) >= 11 is 5.58. The van der Waals surface area contributed by atoms with Crippen molar-refractivity contribution < 1.29 is 9.18 Å². The minimum atomic E-state index is -0.311. The molecule has 0 spiro atoms. The van der Waals surface area contributed by atoms with E-state index in [0.29, 0.717) is 26.4 Å². The molecule has 1 aliphatic carbocycles. The molecule has 1 amide bonds. The number of carbonyl (C=O) groups excluding carboxylic acids is 1. The Morgan fingerprint density at radius 1 is 1.50 bits per heavy atom. The maximum Gasteiger partial charge on any atom is 0.252 e. The Morgan fingerprint density at radius 2 is 2.28 bits per heavy atom. The van der Waals surface area contributed by atoms with Crippen LogP contribution in [0, 0.1) is 15.3 Å². The summed E-state index contributed by atoms with van der Waals surface area (Å²) in [6, 6.07) is 4.23. The molecule has 0 heterocycles. The molecular formula is C13H14BrFINO. The fourth-order valence-corrected chi connectivity index (χ4v) is 3.72. The molecule has 1 saturated carbocycles. The van der Waals surface area contributed by atoms with Gasteiger partial charge in [0.2, 0.25) is 0 Å². The molecule has 0 aromatic heterocycles. The van der Waals surface area contributed by atoms with E-state index in [9.17, 15) is 9.18 Å². The number of hydrogen-bond acceptors (Lipinski definition) is 1. The largest absolute Gasteiger partial charge is 0.352 e. The van der Waals surface area contributed by atoms with Crippen molar-refractivity contribution >= 4 is 44.4 Å². The lowest BCUT2D eigenvalue weighted by Crippen LogP contribution is -2.29. The van der Waals surface area contributed by atoms with E-state index in [1.165, 1.54) is 24.6 Å². The van der Waals surface area contributed by atoms with Gasteiger partial charge in [-0.25, -0.2) is 4.39 Å². The highest BCUT2D eigenvalue weighted by atomic mass is 127. The van der Waals surface area contributed by atoms with Crippen LogP contribution in [0.15, 0.2) is 18.2 Å². The first-order chi connectivity index (χ1) is 8.56. The lowest BCUT2D eigenvalue weighted by molar-refractivity contribution is 0.0946. The summed E-state index contributed by atoms with van der Waals surface area (Å²) in [5.74, 6) is 0.128. The number of rotatable bonds is 3. The molecule has 1 aliphatic rings. The van der Waals surface area contributed by atoms with Crippen molar-refractivity contribution in [1.29, 1.82) is 0 Å². The van der Waals surface area contributed by atoms with Crippen molar-refractivity contribution in [2.24, 2.45) is 5.92 Å². The highest BCUT2D eigenvalue weighted by molar-refractivity contribution is 14.1. The van der Waals surface area contributed by atoms with Crippen LogP contribution in [-0.4, -0.2) is 17.3 Å². The van der Waals surface area contributed by atoms with Gasteiger partial charge in [-0.2, -0.15) is 0 Å². The fourth-order valence-electron chi connectivity index (χ4n) is 2.21. The van der Waals surface area contributed by atoms with Gasteiger partial charge in [0.25, 0.3) is 5.91 Å². The van der Waals surface area contributed by atoms with Gasteiger partial charge in [0.15, 0.2) is 0 Å². The van der Waals surface area contributed by atoms with Crippen molar-refractivity contribution in [3.8, 4) is 0 Å². The maximum atomic E-state index is 12.9. The number of alkyl halides is 1. The summed E-state index contributed by atoms with van der Waals surface area (Å²) in [6.07, 6.45) is 3.44. The maximum absolute atomic E-state index is 12.9. The van der Waals surface area contributed by atoms with Gasteiger partial charge in [0.1, 0.15) is 5.82 Å². The van der Waals surface area contributed by atoms with Gasteiger partial charge in [-0.05, 0) is 66.0 Å². The molecule has 0 saturated heterocycles. The van der Waals surface area contributed by atoms with Crippen molar-refractivity contribution in [2.75, 3.05) is 6.54 Å². The Balaban J connectivity index is 1.91. The van der Waals surface area contributed by atoms with Crippen LogP contribution < -0.4 is 5.32 Å². The second-order valence-corrected chi connectivity index (χ2v) is 7.07. The van der Waals surface area contributed by atoms with Crippen molar-refractivity contribution in [3.63, 3.8) is 0 Å². The number of halogens is 3. The SMILES string of the molecule is O=C(NCC1CCC(Br)C1)c1ccc(F)cc1I. The zero-order valence-corrected chi connectivity index (χ0v) is 13.5. The van der Waals surface area contributed by atoms with Crippen LogP contribution in [0.25, 0.3) is 0 Å². The highest BCUT2D eigenvalue weighted by Gasteiger charge is 2.23. The van der Waals surface area contributed by atoms with E-state index in [-0.39, 0.29) is 11.7 Å². The second kappa shape index (κ2) is 6.32. The van der Waals surface area contributed by atoms with Gasteiger partial charge in [-0.15, -0.1) is 0 Å². The molecule has 0 bridgehead atoms. The van der Waals surface area contributed by atoms with E-state index in [0.717, 1.165) is 12.8 Å². The molecule has 0 aliphatic heterocycles. The standard InChI is InChI=1S/C13H14BrFINO/c14-9-2-1-8(5-9)7-17-13(18)11-4-3-10(15)6-12(11)16/h3-4,6,8-9H,1-2,5,7H2,(H,17,18). The van der Waals surface area contributed by atoms with Crippen LogP contribution in [0.2, 0.25) is 0 Å². The van der Waals surface area contributed by atoms with E-state index in [2.05, 4.69) is 21.2 Å². The number of carbonyl (C=O) groups is 1. The monoisotopic (exact) mass is 425 g/mol. The molecule has 1 aromatic carbocycles. The Bertz CT molecular complexity index is 455. The van der Waals surface area contributed by atoms with E-state index >= 15 is 0 Å². The summed E-state index contributed by atoms with van der Waals surface area (Å²) in [7, 11) is 0. The number of amides is 1. The Hall–Kier alpha value is -0.170. The fraction of sp³-hybridized carbons (Fsp3) is 0.462. The quantitative estimate of drug-likeness (QED) is 0.580. The van der Waals surface area contributed by atoms with Crippen LogP contribution in [0.5, 0.6) is 0 Å². The predicted molar refractivity (Wildman–Crippen MR) is 81.5 cm³/mol. The summed E-state index contributed by atoms with van der Waals surface area (Å²) in [6.45, 7) is 0.703. The van der Waals surface area contributed by atoms with E-state index in [4.69, 9.17) is 0 Å². The Kier molecular flexibility index (Phi) is 5.00. The highest BCUT2D eigenvalue weighted by Crippen LogP contribution is 2.30. The van der Waals surface area contributed by atoms with E-state index in [1.54, 1.807) is 0 Å². The van der Waals surface area contributed by atoms with E-state index < -0.39 is 0 Å². The topological polar surface area (TPSA) is 29.1 Å². The van der Waals surface area contributed by atoms with Gasteiger partial charge in [-0.3, -0.25) is 4.79 Å². The van der Waals surface area contributed by atoms with Crippen molar-refractivity contribution in [2.45, 2.75) is 24.1 Å². The lowest BCUT2D eigenvalue weighted by atomic mass is 10.1. The third-order valence-electron chi connectivity index (χ3n) is 3.20. The summed E-state index contributed by atoms with van der Waals surface area (Å²) < 4.78 is 13.6. The normalized spacial score (nSPS) is 23.1. The molecule has 0 radical (unpaired) electrons. The van der Waals surface area contributed by atoms with Gasteiger partial charge in [0.05, 0.1) is 5.56 Å². The Morgan fingerprint density at radius 3 is 2.89 bits per heavy atom. The average molecular weight is 426 g/mol. The summed E-state index contributed by atoms with van der Waals surface area (Å²) in [5.41, 5.74) is 0.547. The van der Waals surface area contributed by atoms with Crippen LogP contribution in [-0.2, 0) is 0 Å². The lowest BCUT2D eigenvalue weighted by Gasteiger charge is -2.11. The van der Waals surface area contributed by atoms with Gasteiger partial charge >= 0.3 is 0 Å². The van der Waals surface area contributed by atoms with Crippen LogP contribution in [0.3, 0.4) is 0 Å². The minimum absolute atomic E-state index is 0.113.